The van der Waals surface area contributed by atoms with Crippen LogP contribution in [0.2, 0.25) is 0 Å². The first-order chi connectivity index (χ1) is 12.0. The van der Waals surface area contributed by atoms with Crippen molar-refractivity contribution in [3.05, 3.63) is 0 Å². The highest BCUT2D eigenvalue weighted by atomic mass is 16.6. The number of carbonyl (C=O) groups excluding carboxylic acids is 5. The molecule has 0 aromatic carbocycles. The molecule has 1 amide bonds. The van der Waals surface area contributed by atoms with Crippen molar-refractivity contribution in [3.8, 4) is 0 Å². The second-order valence-corrected chi connectivity index (χ2v) is 5.91. The normalized spacial score (nSPS) is 27.7. The van der Waals surface area contributed by atoms with Crippen LogP contribution in [0.4, 0.5) is 0 Å². The zero-order valence-electron chi connectivity index (χ0n) is 15.3. The Hall–Kier alpha value is -2.65. The fourth-order valence-electron chi connectivity index (χ4n) is 2.88. The molecule has 5 atom stereocenters. The monoisotopic (exact) mass is 373 g/mol. The Morgan fingerprint density at radius 1 is 0.654 bits per heavy atom. The van der Waals surface area contributed by atoms with Gasteiger partial charge < -0.3 is 24.3 Å². The van der Waals surface area contributed by atoms with Gasteiger partial charge in [0, 0.05) is 41.0 Å². The highest BCUT2D eigenvalue weighted by molar-refractivity contribution is 5.74. The van der Waals surface area contributed by atoms with Crippen LogP contribution in [-0.2, 0) is 42.9 Å². The molecule has 1 aliphatic carbocycles. The van der Waals surface area contributed by atoms with Crippen LogP contribution in [0, 0.1) is 0 Å². The lowest BCUT2D eigenvalue weighted by molar-refractivity contribution is -0.213. The molecular weight excluding hydrogens is 350 g/mol. The first-order valence-corrected chi connectivity index (χ1v) is 7.97. The summed E-state index contributed by atoms with van der Waals surface area (Å²) in [4.78, 5) is 57.4. The lowest BCUT2D eigenvalue weighted by Gasteiger charge is -2.44. The van der Waals surface area contributed by atoms with Crippen molar-refractivity contribution in [1.29, 1.82) is 0 Å². The van der Waals surface area contributed by atoms with Gasteiger partial charge in [-0.15, -0.1) is 0 Å². The highest BCUT2D eigenvalue weighted by Crippen LogP contribution is 2.30. The maximum Gasteiger partial charge on any atom is 0.303 e. The maximum atomic E-state index is 11.5. The van der Waals surface area contributed by atoms with Gasteiger partial charge in [-0.3, -0.25) is 24.0 Å². The van der Waals surface area contributed by atoms with E-state index in [1.807, 2.05) is 0 Å². The Morgan fingerprint density at radius 2 is 1.08 bits per heavy atom. The van der Waals surface area contributed by atoms with E-state index >= 15 is 0 Å². The SMILES string of the molecule is CC(=O)N[C@H]1C[C@H](OC(C)=O)[C@H](OC(C)=O)[C@@H](OC(C)=O)[C@@H]1OC(C)=O. The van der Waals surface area contributed by atoms with E-state index in [4.69, 9.17) is 18.9 Å². The summed E-state index contributed by atoms with van der Waals surface area (Å²) >= 11 is 0. The average molecular weight is 373 g/mol. The van der Waals surface area contributed by atoms with E-state index < -0.39 is 60.2 Å². The molecule has 1 aliphatic rings. The second kappa shape index (κ2) is 9.16. The molecule has 0 aliphatic heterocycles. The molecular formula is C16H23NO9. The van der Waals surface area contributed by atoms with Gasteiger partial charge >= 0.3 is 23.9 Å². The van der Waals surface area contributed by atoms with Crippen LogP contribution >= 0.6 is 0 Å². The number of hydrogen-bond donors (Lipinski definition) is 1. The van der Waals surface area contributed by atoms with Crippen molar-refractivity contribution in [2.75, 3.05) is 0 Å². The fraction of sp³-hybridized carbons (Fsp3) is 0.688. The highest BCUT2D eigenvalue weighted by Gasteiger charge is 2.52. The molecule has 0 aromatic rings. The van der Waals surface area contributed by atoms with Crippen molar-refractivity contribution in [2.24, 2.45) is 0 Å². The lowest BCUT2D eigenvalue weighted by atomic mass is 9.84. The van der Waals surface area contributed by atoms with Crippen molar-refractivity contribution >= 4 is 29.8 Å². The second-order valence-electron chi connectivity index (χ2n) is 5.91. The largest absolute Gasteiger partial charge is 0.458 e. The van der Waals surface area contributed by atoms with Crippen molar-refractivity contribution in [3.63, 3.8) is 0 Å². The van der Waals surface area contributed by atoms with E-state index in [0.29, 0.717) is 0 Å². The molecule has 1 fully saturated rings. The molecule has 0 bridgehead atoms. The van der Waals surface area contributed by atoms with Crippen LogP contribution in [-0.4, -0.2) is 60.2 Å². The zero-order valence-corrected chi connectivity index (χ0v) is 15.3. The Labute approximate surface area is 150 Å². The number of ether oxygens (including phenoxy) is 4. The molecule has 0 aromatic heterocycles. The number of nitrogens with one attached hydrogen (secondary N) is 1. The van der Waals surface area contributed by atoms with Gasteiger partial charge in [-0.2, -0.15) is 0 Å². The molecule has 0 unspecified atom stereocenters. The standard InChI is InChI=1S/C16H23NO9/c1-7(18)17-12-6-13(23-8(2)19)15(25-10(4)21)16(26-11(5)22)14(12)24-9(3)20/h12-16H,6H2,1-5H3,(H,17,18)/t12-,13-,14+,15-,16-/m0/s1. The topological polar surface area (TPSA) is 134 Å². The van der Waals surface area contributed by atoms with Gasteiger partial charge in [0.1, 0.15) is 6.10 Å². The molecule has 1 rings (SSSR count). The first kappa shape index (κ1) is 21.4. The van der Waals surface area contributed by atoms with E-state index in [1.54, 1.807) is 0 Å². The van der Waals surface area contributed by atoms with E-state index in [-0.39, 0.29) is 6.42 Å². The average Bonchev–Trinajstić information content (AvgIpc) is 2.44. The van der Waals surface area contributed by atoms with Crippen LogP contribution in [0.3, 0.4) is 0 Å². The molecule has 0 radical (unpaired) electrons. The van der Waals surface area contributed by atoms with Gasteiger partial charge in [-0.1, -0.05) is 0 Å². The molecule has 0 heterocycles. The van der Waals surface area contributed by atoms with Crippen molar-refractivity contribution in [2.45, 2.75) is 71.5 Å². The first-order valence-electron chi connectivity index (χ1n) is 7.97. The Morgan fingerprint density at radius 3 is 1.50 bits per heavy atom. The van der Waals surface area contributed by atoms with E-state index in [1.165, 1.54) is 6.92 Å². The van der Waals surface area contributed by atoms with Crippen LogP contribution in [0.25, 0.3) is 0 Å². The Bertz CT molecular complexity index is 546. The smallest absolute Gasteiger partial charge is 0.303 e. The van der Waals surface area contributed by atoms with Crippen LogP contribution in [0.5, 0.6) is 0 Å². The Kier molecular flexibility index (Phi) is 7.54. The van der Waals surface area contributed by atoms with E-state index in [9.17, 15) is 24.0 Å². The minimum absolute atomic E-state index is 0.00712. The predicted octanol–water partition coefficient (Wildman–Crippen LogP) is -0.378. The van der Waals surface area contributed by atoms with Gasteiger partial charge in [0.2, 0.25) is 5.91 Å². The summed E-state index contributed by atoms with van der Waals surface area (Å²) in [5.74, 6) is -3.20. The summed E-state index contributed by atoms with van der Waals surface area (Å²) in [6.07, 6.45) is -4.61. The van der Waals surface area contributed by atoms with Crippen molar-refractivity contribution < 1.29 is 42.9 Å². The molecule has 10 heteroatoms. The molecule has 10 nitrogen and oxygen atoms in total. The van der Waals surface area contributed by atoms with Crippen LogP contribution in [0.15, 0.2) is 0 Å². The molecule has 146 valence electrons. The third kappa shape index (κ3) is 6.34. The molecule has 26 heavy (non-hydrogen) atoms. The summed E-state index contributed by atoms with van der Waals surface area (Å²) in [6.45, 7) is 5.82. The zero-order chi connectivity index (χ0) is 20.0. The molecule has 0 saturated heterocycles. The summed E-state index contributed by atoms with van der Waals surface area (Å²) in [6, 6.07) is -0.822. The quantitative estimate of drug-likeness (QED) is 0.505. The number of esters is 4. The minimum atomic E-state index is -1.27. The Balaban J connectivity index is 3.32. The third-order valence-corrected chi connectivity index (χ3v) is 3.51. The fourth-order valence-corrected chi connectivity index (χ4v) is 2.88. The summed E-state index contributed by atoms with van der Waals surface area (Å²) in [7, 11) is 0. The number of carbonyl (C=O) groups is 5. The molecule has 1 N–H and O–H groups in total. The van der Waals surface area contributed by atoms with E-state index in [0.717, 1.165) is 27.7 Å². The number of rotatable bonds is 5. The van der Waals surface area contributed by atoms with Crippen LogP contribution in [0.1, 0.15) is 41.0 Å². The predicted molar refractivity (Wildman–Crippen MR) is 84.4 cm³/mol. The molecule has 0 spiro atoms. The summed E-state index contributed by atoms with van der Waals surface area (Å²) < 4.78 is 20.8. The number of amides is 1. The summed E-state index contributed by atoms with van der Waals surface area (Å²) in [5, 5.41) is 2.58. The minimum Gasteiger partial charge on any atom is -0.458 e. The van der Waals surface area contributed by atoms with Gasteiger partial charge in [0.25, 0.3) is 0 Å². The van der Waals surface area contributed by atoms with Gasteiger partial charge in [0.15, 0.2) is 18.3 Å². The van der Waals surface area contributed by atoms with Gasteiger partial charge in [0.05, 0.1) is 6.04 Å². The third-order valence-electron chi connectivity index (χ3n) is 3.51. The van der Waals surface area contributed by atoms with Crippen molar-refractivity contribution in [1.82, 2.24) is 5.32 Å². The van der Waals surface area contributed by atoms with Gasteiger partial charge in [-0.05, 0) is 0 Å². The number of hydrogen-bond acceptors (Lipinski definition) is 9. The molecule has 1 saturated carbocycles. The maximum absolute atomic E-state index is 11.5. The van der Waals surface area contributed by atoms with Gasteiger partial charge in [-0.25, -0.2) is 0 Å². The summed E-state index contributed by atoms with van der Waals surface area (Å²) in [5.41, 5.74) is 0. The van der Waals surface area contributed by atoms with E-state index in [2.05, 4.69) is 5.32 Å². The van der Waals surface area contributed by atoms with Crippen LogP contribution < -0.4 is 5.32 Å². The lowest BCUT2D eigenvalue weighted by Crippen LogP contribution is -2.64.